The summed E-state index contributed by atoms with van der Waals surface area (Å²) in [5, 5.41) is 4.53. The molecule has 0 aliphatic heterocycles. The summed E-state index contributed by atoms with van der Waals surface area (Å²) in [4.78, 5) is 12.0. The quantitative estimate of drug-likeness (QED) is 0.449. The lowest BCUT2D eigenvalue weighted by Crippen LogP contribution is -2.02. The van der Waals surface area contributed by atoms with E-state index in [4.69, 9.17) is 19.4 Å². The van der Waals surface area contributed by atoms with Crippen LogP contribution in [-0.4, -0.2) is 24.2 Å². The number of methoxy groups -OCH3 is 2. The maximum Gasteiger partial charge on any atom is 0.143 e. The van der Waals surface area contributed by atoms with Gasteiger partial charge in [0.15, 0.2) is 0 Å². The van der Waals surface area contributed by atoms with Gasteiger partial charge in [-0.25, -0.2) is 9.97 Å². The number of hydrogen-bond donors (Lipinski definition) is 1. The zero-order valence-corrected chi connectivity index (χ0v) is 17.8. The van der Waals surface area contributed by atoms with Crippen molar-refractivity contribution in [2.24, 2.45) is 0 Å². The van der Waals surface area contributed by atoms with Crippen molar-refractivity contribution >= 4 is 33.1 Å². The van der Waals surface area contributed by atoms with Crippen LogP contribution in [0.2, 0.25) is 0 Å². The Labute approximate surface area is 174 Å². The summed E-state index contributed by atoms with van der Waals surface area (Å²) in [5.41, 5.74) is 3.24. The molecule has 29 heavy (non-hydrogen) atoms. The lowest BCUT2D eigenvalue weighted by atomic mass is 10.1. The maximum absolute atomic E-state index is 5.40. The molecule has 0 aliphatic carbocycles. The van der Waals surface area contributed by atoms with Gasteiger partial charge in [-0.2, -0.15) is 0 Å². The van der Waals surface area contributed by atoms with Crippen molar-refractivity contribution in [1.29, 1.82) is 0 Å². The number of thiophene rings is 1. The fourth-order valence-corrected chi connectivity index (χ4v) is 4.31. The Morgan fingerprint density at radius 2 is 1.62 bits per heavy atom. The SMILES string of the molecule is COc1cc(Nc2nc(Cc3ccccc3)nc3sc(C)c(C)c23)cc(OC)c1. The van der Waals surface area contributed by atoms with Crippen LogP contribution in [-0.2, 0) is 6.42 Å². The van der Waals surface area contributed by atoms with E-state index in [9.17, 15) is 0 Å². The predicted molar refractivity (Wildman–Crippen MR) is 119 cm³/mol. The van der Waals surface area contributed by atoms with Crippen molar-refractivity contribution in [2.45, 2.75) is 20.3 Å². The number of hydrogen-bond acceptors (Lipinski definition) is 6. The van der Waals surface area contributed by atoms with Crippen LogP contribution in [0.1, 0.15) is 21.8 Å². The molecule has 4 aromatic rings. The number of aromatic nitrogens is 2. The Morgan fingerprint density at radius 1 is 0.931 bits per heavy atom. The molecular formula is C23H23N3O2S. The van der Waals surface area contributed by atoms with Crippen molar-refractivity contribution in [2.75, 3.05) is 19.5 Å². The zero-order chi connectivity index (χ0) is 20.4. The largest absolute Gasteiger partial charge is 0.497 e. The molecule has 2 aromatic carbocycles. The summed E-state index contributed by atoms with van der Waals surface area (Å²) in [7, 11) is 3.29. The van der Waals surface area contributed by atoms with E-state index in [1.165, 1.54) is 16.0 Å². The van der Waals surface area contributed by atoms with Crippen LogP contribution < -0.4 is 14.8 Å². The molecule has 0 fully saturated rings. The van der Waals surface area contributed by atoms with E-state index in [0.29, 0.717) is 6.42 Å². The molecule has 0 spiro atoms. The molecule has 4 rings (SSSR count). The van der Waals surface area contributed by atoms with E-state index < -0.39 is 0 Å². The Kier molecular flexibility index (Phi) is 5.36. The topological polar surface area (TPSA) is 56.3 Å². The van der Waals surface area contributed by atoms with Gasteiger partial charge in [0.05, 0.1) is 19.6 Å². The third kappa shape index (κ3) is 4.03. The summed E-state index contributed by atoms with van der Waals surface area (Å²) in [6.07, 6.45) is 0.683. The van der Waals surface area contributed by atoms with Crippen molar-refractivity contribution in [1.82, 2.24) is 9.97 Å². The second-order valence-corrected chi connectivity index (χ2v) is 8.04. The second kappa shape index (κ2) is 8.09. The van der Waals surface area contributed by atoms with Crippen molar-refractivity contribution < 1.29 is 9.47 Å². The van der Waals surface area contributed by atoms with Gasteiger partial charge in [0.1, 0.15) is 28.0 Å². The number of anilines is 2. The summed E-state index contributed by atoms with van der Waals surface area (Å²) < 4.78 is 10.8. The van der Waals surface area contributed by atoms with Crippen molar-refractivity contribution in [3.8, 4) is 11.5 Å². The molecule has 0 radical (unpaired) electrons. The summed E-state index contributed by atoms with van der Waals surface area (Å²) in [6.45, 7) is 4.24. The molecule has 0 amide bonds. The zero-order valence-electron chi connectivity index (χ0n) is 16.9. The monoisotopic (exact) mass is 405 g/mol. The van der Waals surface area contributed by atoms with Crippen LogP contribution in [0.25, 0.3) is 10.2 Å². The molecule has 2 heterocycles. The average molecular weight is 406 g/mol. The average Bonchev–Trinajstić information content (AvgIpc) is 3.02. The Balaban J connectivity index is 1.79. The minimum absolute atomic E-state index is 0.683. The highest BCUT2D eigenvalue weighted by Crippen LogP contribution is 2.36. The molecule has 1 N–H and O–H groups in total. The van der Waals surface area contributed by atoms with Crippen LogP contribution in [0.5, 0.6) is 11.5 Å². The normalized spacial score (nSPS) is 10.9. The third-order valence-electron chi connectivity index (χ3n) is 4.89. The van der Waals surface area contributed by atoms with E-state index in [2.05, 4.69) is 31.3 Å². The number of nitrogens with zero attached hydrogens (tertiary/aromatic N) is 2. The van der Waals surface area contributed by atoms with Gasteiger partial charge in [-0.3, -0.25) is 0 Å². The Hall–Kier alpha value is -3.12. The first-order valence-electron chi connectivity index (χ1n) is 9.38. The molecular weight excluding hydrogens is 382 g/mol. The van der Waals surface area contributed by atoms with E-state index in [1.807, 2.05) is 36.4 Å². The van der Waals surface area contributed by atoms with E-state index in [0.717, 1.165) is 39.0 Å². The molecule has 6 heteroatoms. The molecule has 0 unspecified atom stereocenters. The first kappa shape index (κ1) is 19.2. The van der Waals surface area contributed by atoms with Crippen LogP contribution in [0.3, 0.4) is 0 Å². The molecule has 5 nitrogen and oxygen atoms in total. The van der Waals surface area contributed by atoms with Gasteiger partial charge in [-0.05, 0) is 25.0 Å². The van der Waals surface area contributed by atoms with Crippen LogP contribution in [0, 0.1) is 13.8 Å². The molecule has 148 valence electrons. The predicted octanol–water partition coefficient (Wildman–Crippen LogP) is 5.66. The highest BCUT2D eigenvalue weighted by Gasteiger charge is 2.16. The van der Waals surface area contributed by atoms with Gasteiger partial charge in [0.25, 0.3) is 0 Å². The molecule has 0 saturated carbocycles. The fraction of sp³-hybridized carbons (Fsp3) is 0.217. The van der Waals surface area contributed by atoms with Gasteiger partial charge in [0.2, 0.25) is 0 Å². The summed E-state index contributed by atoms with van der Waals surface area (Å²) >= 11 is 1.70. The minimum atomic E-state index is 0.683. The second-order valence-electron chi connectivity index (χ2n) is 6.84. The van der Waals surface area contributed by atoms with E-state index in [1.54, 1.807) is 25.6 Å². The molecule has 0 bridgehead atoms. The maximum atomic E-state index is 5.40. The fourth-order valence-electron chi connectivity index (χ4n) is 3.26. The van der Waals surface area contributed by atoms with Gasteiger partial charge < -0.3 is 14.8 Å². The summed E-state index contributed by atoms with van der Waals surface area (Å²) in [5.74, 6) is 3.04. The summed E-state index contributed by atoms with van der Waals surface area (Å²) in [6, 6.07) is 16.0. The minimum Gasteiger partial charge on any atom is -0.497 e. The standard InChI is InChI=1S/C23H23N3O2S/c1-14-15(2)29-23-21(14)22(24-17-11-18(27-3)13-19(12-17)28-4)25-20(26-23)10-16-8-6-5-7-9-16/h5-9,11-13H,10H2,1-4H3,(H,24,25,26). The number of rotatable bonds is 6. The molecule has 2 aromatic heterocycles. The number of fused-ring (bicyclic) bond motifs is 1. The van der Waals surface area contributed by atoms with Crippen molar-refractivity contribution in [3.05, 3.63) is 70.4 Å². The van der Waals surface area contributed by atoms with Crippen LogP contribution in [0.15, 0.2) is 48.5 Å². The number of ether oxygens (including phenoxy) is 2. The first-order chi connectivity index (χ1) is 14.1. The van der Waals surface area contributed by atoms with Gasteiger partial charge in [-0.1, -0.05) is 30.3 Å². The van der Waals surface area contributed by atoms with Gasteiger partial charge >= 0.3 is 0 Å². The van der Waals surface area contributed by atoms with E-state index >= 15 is 0 Å². The van der Waals surface area contributed by atoms with Crippen molar-refractivity contribution in [3.63, 3.8) is 0 Å². The third-order valence-corrected chi connectivity index (χ3v) is 6.00. The molecule has 0 aliphatic rings. The lowest BCUT2D eigenvalue weighted by Gasteiger charge is -2.12. The van der Waals surface area contributed by atoms with Crippen LogP contribution in [0.4, 0.5) is 11.5 Å². The number of aryl methyl sites for hydroxylation is 2. The van der Waals surface area contributed by atoms with Gasteiger partial charge in [-0.15, -0.1) is 11.3 Å². The smallest absolute Gasteiger partial charge is 0.143 e. The van der Waals surface area contributed by atoms with E-state index in [-0.39, 0.29) is 0 Å². The Bertz CT molecular complexity index is 1130. The van der Waals surface area contributed by atoms with Crippen LogP contribution >= 0.6 is 11.3 Å². The highest BCUT2D eigenvalue weighted by atomic mass is 32.1. The first-order valence-corrected chi connectivity index (χ1v) is 10.2. The number of benzene rings is 2. The Morgan fingerprint density at radius 3 is 2.28 bits per heavy atom. The highest BCUT2D eigenvalue weighted by molar-refractivity contribution is 7.18. The molecule has 0 atom stereocenters. The van der Waals surface area contributed by atoms with Gasteiger partial charge in [0, 0.05) is 35.2 Å². The number of nitrogens with one attached hydrogen (secondary N) is 1. The lowest BCUT2D eigenvalue weighted by molar-refractivity contribution is 0.395. The molecule has 0 saturated heterocycles.